The van der Waals surface area contributed by atoms with E-state index in [0.29, 0.717) is 23.2 Å². The van der Waals surface area contributed by atoms with Crippen LogP contribution in [0.15, 0.2) is 84.2 Å². The molecule has 0 saturated carbocycles. The van der Waals surface area contributed by atoms with E-state index >= 15 is 0 Å². The Morgan fingerprint density at radius 3 is 2.64 bits per heavy atom. The average molecular weight is 457 g/mol. The van der Waals surface area contributed by atoms with Gasteiger partial charge in [0.15, 0.2) is 0 Å². The number of carbonyl (C=O) groups excluding carboxylic acids is 1. The van der Waals surface area contributed by atoms with Crippen LogP contribution < -0.4 is 20.7 Å². The van der Waals surface area contributed by atoms with Crippen molar-refractivity contribution in [2.75, 3.05) is 11.9 Å². The van der Waals surface area contributed by atoms with Gasteiger partial charge in [-0.25, -0.2) is 4.39 Å². The van der Waals surface area contributed by atoms with Crippen LogP contribution in [0.25, 0.3) is 0 Å². The van der Waals surface area contributed by atoms with Crippen LogP contribution in [-0.2, 0) is 11.3 Å². The van der Waals surface area contributed by atoms with Gasteiger partial charge in [0.25, 0.3) is 0 Å². The van der Waals surface area contributed by atoms with Crippen LogP contribution in [0.2, 0.25) is 0 Å². The smallest absolute Gasteiger partial charge is 0.419 e. The van der Waals surface area contributed by atoms with E-state index in [9.17, 15) is 18.0 Å². The number of nitrogens with one attached hydrogen (secondary N) is 3. The molecule has 3 rings (SSSR count). The quantitative estimate of drug-likeness (QED) is 0.458. The van der Waals surface area contributed by atoms with Crippen LogP contribution in [-0.4, -0.2) is 18.6 Å². The van der Waals surface area contributed by atoms with Crippen LogP contribution >= 0.6 is 0 Å². The lowest BCUT2D eigenvalue weighted by atomic mass is 9.94. The molecule has 174 valence electrons. The highest BCUT2D eigenvalue weighted by Crippen LogP contribution is 2.27. The summed E-state index contributed by atoms with van der Waals surface area (Å²) in [6.07, 6.45) is -1.21. The van der Waals surface area contributed by atoms with Crippen LogP contribution in [0, 0.1) is 11.7 Å². The minimum Gasteiger partial charge on any atom is -0.429 e. The van der Waals surface area contributed by atoms with Crippen LogP contribution in [0.5, 0.6) is 5.75 Å². The van der Waals surface area contributed by atoms with E-state index in [1.54, 1.807) is 24.3 Å². The molecular weight excluding hydrogens is 431 g/mol. The number of amides is 1. The van der Waals surface area contributed by atoms with Gasteiger partial charge in [0.2, 0.25) is 5.91 Å². The summed E-state index contributed by atoms with van der Waals surface area (Å²) in [7, 11) is 0. The standard InChI is InChI=1S/C25H26F3N3O2/c1-4-25(27,28)33-20-7-5-6-19(12-20)31-23-13-21(16(2)3)22(15-29-23)24(32)30-14-17-8-10-18(26)11-9-17/h4-13,16,29,31H,1,14-15H2,2-3H3,(H,30,32). The van der Waals surface area contributed by atoms with Crippen LogP contribution in [0.4, 0.5) is 18.9 Å². The molecule has 1 amide bonds. The van der Waals surface area contributed by atoms with Crippen molar-refractivity contribution in [1.29, 1.82) is 0 Å². The lowest BCUT2D eigenvalue weighted by molar-refractivity contribution is -0.131. The number of dihydropyridines is 1. The van der Waals surface area contributed by atoms with Crippen molar-refractivity contribution in [2.45, 2.75) is 26.5 Å². The van der Waals surface area contributed by atoms with E-state index in [2.05, 4.69) is 27.3 Å². The predicted molar refractivity (Wildman–Crippen MR) is 122 cm³/mol. The molecule has 2 aromatic carbocycles. The van der Waals surface area contributed by atoms with Gasteiger partial charge in [0.05, 0.1) is 0 Å². The Kier molecular flexibility index (Phi) is 7.48. The van der Waals surface area contributed by atoms with E-state index in [0.717, 1.165) is 11.1 Å². The summed E-state index contributed by atoms with van der Waals surface area (Å²) in [4.78, 5) is 12.8. The van der Waals surface area contributed by atoms with Crippen molar-refractivity contribution < 1.29 is 22.7 Å². The molecule has 5 nitrogen and oxygen atoms in total. The predicted octanol–water partition coefficient (Wildman–Crippen LogP) is 5.11. The molecule has 0 unspecified atom stereocenters. The maximum atomic E-state index is 13.4. The first kappa shape index (κ1) is 24.0. The van der Waals surface area contributed by atoms with E-state index in [-0.39, 0.29) is 36.5 Å². The van der Waals surface area contributed by atoms with Gasteiger partial charge in [-0.05, 0) is 47.4 Å². The molecule has 33 heavy (non-hydrogen) atoms. The molecule has 2 aromatic rings. The fraction of sp³-hybridized carbons (Fsp3) is 0.240. The molecule has 0 spiro atoms. The number of benzene rings is 2. The average Bonchev–Trinajstić information content (AvgIpc) is 2.78. The van der Waals surface area contributed by atoms with Gasteiger partial charge >= 0.3 is 6.11 Å². The van der Waals surface area contributed by atoms with Crippen molar-refractivity contribution in [3.05, 3.63) is 95.6 Å². The molecule has 0 fully saturated rings. The van der Waals surface area contributed by atoms with Crippen LogP contribution in [0.1, 0.15) is 19.4 Å². The number of rotatable bonds is 9. The summed E-state index contributed by atoms with van der Waals surface area (Å²) in [6, 6.07) is 12.1. The third-order valence-electron chi connectivity index (χ3n) is 4.97. The zero-order valence-corrected chi connectivity index (χ0v) is 18.4. The third-order valence-corrected chi connectivity index (χ3v) is 4.97. The summed E-state index contributed by atoms with van der Waals surface area (Å²) >= 11 is 0. The van der Waals surface area contributed by atoms with E-state index in [1.807, 2.05) is 19.9 Å². The Morgan fingerprint density at radius 2 is 1.97 bits per heavy atom. The summed E-state index contributed by atoms with van der Waals surface area (Å²) in [6.45, 7) is 7.59. The Bertz CT molecular complexity index is 1080. The minimum absolute atomic E-state index is 0.0122. The van der Waals surface area contributed by atoms with Gasteiger partial charge in [-0.2, -0.15) is 8.78 Å². The summed E-state index contributed by atoms with van der Waals surface area (Å²) in [5.74, 6) is 0.135. The first-order valence-corrected chi connectivity index (χ1v) is 10.5. The zero-order chi connectivity index (χ0) is 24.0. The Labute approximate surface area is 191 Å². The molecule has 1 aliphatic heterocycles. The molecule has 1 aliphatic rings. The van der Waals surface area contributed by atoms with Crippen molar-refractivity contribution >= 4 is 11.6 Å². The number of allylic oxidation sites excluding steroid dienone is 2. The first-order valence-electron chi connectivity index (χ1n) is 10.5. The summed E-state index contributed by atoms with van der Waals surface area (Å²) in [5.41, 5.74) is 2.78. The highest BCUT2D eigenvalue weighted by molar-refractivity contribution is 5.95. The topological polar surface area (TPSA) is 62.4 Å². The van der Waals surface area contributed by atoms with Gasteiger partial charge in [0, 0.05) is 36.5 Å². The van der Waals surface area contributed by atoms with Crippen LogP contribution in [0.3, 0.4) is 0 Å². The Morgan fingerprint density at radius 1 is 1.24 bits per heavy atom. The molecule has 0 bridgehead atoms. The minimum atomic E-state index is -3.47. The highest BCUT2D eigenvalue weighted by Gasteiger charge is 2.26. The number of ether oxygens (including phenoxy) is 1. The molecule has 3 N–H and O–H groups in total. The number of hydrogen-bond donors (Lipinski definition) is 3. The summed E-state index contributed by atoms with van der Waals surface area (Å²) in [5, 5.41) is 9.14. The maximum Gasteiger partial charge on any atom is 0.419 e. The molecule has 0 atom stereocenters. The SMILES string of the molecule is C=CC(F)(F)Oc1cccc(NC2=CC(C(C)C)=C(C(=O)NCc3ccc(F)cc3)CN2)c1. The largest absolute Gasteiger partial charge is 0.429 e. The molecule has 1 heterocycles. The number of alkyl halides is 2. The van der Waals surface area contributed by atoms with Gasteiger partial charge in [0.1, 0.15) is 17.4 Å². The Hall–Kier alpha value is -3.68. The van der Waals surface area contributed by atoms with Gasteiger partial charge in [-0.15, -0.1) is 0 Å². The second-order valence-corrected chi connectivity index (χ2v) is 7.83. The second kappa shape index (κ2) is 10.3. The lowest BCUT2D eigenvalue weighted by Crippen LogP contribution is -2.35. The van der Waals surface area contributed by atoms with Crippen molar-refractivity contribution in [1.82, 2.24) is 10.6 Å². The molecule has 0 saturated heterocycles. The Balaban J connectivity index is 1.73. The van der Waals surface area contributed by atoms with Crippen molar-refractivity contribution in [3.63, 3.8) is 0 Å². The van der Waals surface area contributed by atoms with Gasteiger partial charge in [-0.1, -0.05) is 38.6 Å². The first-order chi connectivity index (χ1) is 15.7. The fourth-order valence-electron chi connectivity index (χ4n) is 3.27. The number of carbonyl (C=O) groups is 1. The van der Waals surface area contributed by atoms with E-state index in [1.165, 1.54) is 24.3 Å². The van der Waals surface area contributed by atoms with E-state index < -0.39 is 6.11 Å². The zero-order valence-electron chi connectivity index (χ0n) is 18.4. The molecular formula is C25H26F3N3O2. The third kappa shape index (κ3) is 6.65. The number of anilines is 1. The lowest BCUT2D eigenvalue weighted by Gasteiger charge is -2.25. The normalized spacial score (nSPS) is 13.8. The monoisotopic (exact) mass is 457 g/mol. The molecule has 8 heteroatoms. The number of halogens is 3. The van der Waals surface area contributed by atoms with Crippen molar-refractivity contribution in [2.24, 2.45) is 5.92 Å². The number of hydrogen-bond acceptors (Lipinski definition) is 4. The summed E-state index contributed by atoms with van der Waals surface area (Å²) < 4.78 is 44.6. The van der Waals surface area contributed by atoms with Crippen molar-refractivity contribution in [3.8, 4) is 5.75 Å². The molecule has 0 aromatic heterocycles. The highest BCUT2D eigenvalue weighted by atomic mass is 19.3. The molecule has 0 radical (unpaired) electrons. The van der Waals surface area contributed by atoms with Gasteiger partial charge in [-0.3, -0.25) is 4.79 Å². The fourth-order valence-corrected chi connectivity index (χ4v) is 3.27. The maximum absolute atomic E-state index is 13.4. The molecule has 0 aliphatic carbocycles. The second-order valence-electron chi connectivity index (χ2n) is 7.83. The van der Waals surface area contributed by atoms with Gasteiger partial charge < -0.3 is 20.7 Å². The van der Waals surface area contributed by atoms with E-state index in [4.69, 9.17) is 0 Å².